The van der Waals surface area contributed by atoms with Gasteiger partial charge in [-0.3, -0.25) is 4.98 Å². The number of thiazole rings is 1. The maximum Gasteiger partial charge on any atom is 0.350 e. The second-order valence-electron chi connectivity index (χ2n) is 4.52. The first-order valence-corrected chi connectivity index (χ1v) is 6.97. The molecule has 100 valence electrons. The van der Waals surface area contributed by atoms with E-state index in [4.69, 9.17) is 4.74 Å². The van der Waals surface area contributed by atoms with Crippen LogP contribution in [-0.4, -0.2) is 15.9 Å². The molecule has 0 N–H and O–H groups in total. The van der Waals surface area contributed by atoms with Gasteiger partial charge in [0.15, 0.2) is 0 Å². The zero-order valence-electron chi connectivity index (χ0n) is 11.2. The summed E-state index contributed by atoms with van der Waals surface area (Å²) in [5.41, 5.74) is 0.740. The summed E-state index contributed by atoms with van der Waals surface area (Å²) >= 11 is 1.38. The number of hydrogen-bond acceptors (Lipinski definition) is 5. The molecular weight excluding hydrogens is 260 g/mol. The molecule has 2 heterocycles. The summed E-state index contributed by atoms with van der Waals surface area (Å²) in [6.07, 6.45) is 2.90. The van der Waals surface area contributed by atoms with Crippen LogP contribution in [0.5, 0.6) is 0 Å². The number of hydrogen-bond donors (Lipinski definition) is 0. The second-order valence-corrected chi connectivity index (χ2v) is 5.58. The number of carbonyl (C=O) groups is 1. The Morgan fingerprint density at radius 2 is 2.05 bits per heavy atom. The monoisotopic (exact) mass is 276 g/mol. The highest BCUT2D eigenvalue weighted by Crippen LogP contribution is 2.23. The summed E-state index contributed by atoms with van der Waals surface area (Å²) in [7, 11) is 0. The summed E-state index contributed by atoms with van der Waals surface area (Å²) in [6, 6.07) is 5.54. The van der Waals surface area contributed by atoms with Crippen LogP contribution in [0.1, 0.15) is 53.2 Å². The van der Waals surface area contributed by atoms with E-state index in [2.05, 4.69) is 9.97 Å². The minimum absolute atomic E-state index is 0.319. The Labute approximate surface area is 116 Å². The molecule has 1 atom stereocenters. The maximum atomic E-state index is 12.0. The van der Waals surface area contributed by atoms with E-state index in [-0.39, 0.29) is 12.1 Å². The van der Waals surface area contributed by atoms with Gasteiger partial charge >= 0.3 is 5.97 Å². The van der Waals surface area contributed by atoms with E-state index in [1.54, 1.807) is 12.4 Å². The van der Waals surface area contributed by atoms with Crippen LogP contribution in [0.4, 0.5) is 0 Å². The Balaban J connectivity index is 2.04. The van der Waals surface area contributed by atoms with Gasteiger partial charge in [-0.05, 0) is 19.1 Å². The molecule has 19 heavy (non-hydrogen) atoms. The highest BCUT2D eigenvalue weighted by Gasteiger charge is 2.17. The fraction of sp³-hybridized carbons (Fsp3) is 0.357. The van der Waals surface area contributed by atoms with Gasteiger partial charge in [-0.2, -0.15) is 0 Å². The standard InChI is InChI=1S/C14H16N2O2S/c1-9(2)13-16-8-12(19-13)14(17)18-10(3)11-6-4-5-7-15-11/h4-10H,1-3H3/t10-/m0/s1. The van der Waals surface area contributed by atoms with Crippen LogP contribution in [0, 0.1) is 0 Å². The molecule has 0 aliphatic heterocycles. The summed E-state index contributed by atoms with van der Waals surface area (Å²) < 4.78 is 5.38. The van der Waals surface area contributed by atoms with Crippen LogP contribution in [0.3, 0.4) is 0 Å². The first-order chi connectivity index (χ1) is 9.08. The van der Waals surface area contributed by atoms with Gasteiger partial charge in [-0.25, -0.2) is 9.78 Å². The Kier molecular flexibility index (Phi) is 4.27. The number of pyridine rings is 1. The molecule has 0 aromatic carbocycles. The van der Waals surface area contributed by atoms with Crippen molar-refractivity contribution < 1.29 is 9.53 Å². The van der Waals surface area contributed by atoms with Gasteiger partial charge in [-0.15, -0.1) is 11.3 Å². The molecule has 0 radical (unpaired) electrons. The third-order valence-electron chi connectivity index (χ3n) is 2.61. The molecule has 2 rings (SSSR count). The van der Waals surface area contributed by atoms with Crippen molar-refractivity contribution in [2.24, 2.45) is 0 Å². The Hall–Kier alpha value is -1.75. The molecule has 0 bridgehead atoms. The van der Waals surface area contributed by atoms with E-state index < -0.39 is 0 Å². The predicted octanol–water partition coefficient (Wildman–Crippen LogP) is 3.58. The number of rotatable bonds is 4. The van der Waals surface area contributed by atoms with E-state index in [9.17, 15) is 4.79 Å². The van der Waals surface area contributed by atoms with Crippen LogP contribution in [0.15, 0.2) is 30.6 Å². The van der Waals surface area contributed by atoms with Gasteiger partial charge in [-0.1, -0.05) is 19.9 Å². The molecule has 5 heteroatoms. The molecular formula is C14H16N2O2S. The average Bonchev–Trinajstić information content (AvgIpc) is 2.89. The van der Waals surface area contributed by atoms with Crippen molar-refractivity contribution in [3.05, 3.63) is 46.2 Å². The van der Waals surface area contributed by atoms with Crippen molar-refractivity contribution >= 4 is 17.3 Å². The molecule has 0 unspecified atom stereocenters. The third kappa shape index (κ3) is 3.38. The molecule has 0 aliphatic rings. The lowest BCUT2D eigenvalue weighted by Crippen LogP contribution is -2.08. The van der Waals surface area contributed by atoms with Crippen LogP contribution in [0.2, 0.25) is 0 Å². The minimum Gasteiger partial charge on any atom is -0.452 e. The minimum atomic E-state index is -0.363. The van der Waals surface area contributed by atoms with E-state index in [0.717, 1.165) is 10.7 Å². The number of ether oxygens (including phenoxy) is 1. The summed E-state index contributed by atoms with van der Waals surface area (Å²) in [5, 5.41) is 0.942. The van der Waals surface area contributed by atoms with Crippen LogP contribution >= 0.6 is 11.3 Å². The second kappa shape index (κ2) is 5.93. The van der Waals surface area contributed by atoms with Gasteiger partial charge in [0.1, 0.15) is 11.0 Å². The number of nitrogens with zero attached hydrogens (tertiary/aromatic N) is 2. The lowest BCUT2D eigenvalue weighted by atomic mass is 10.2. The van der Waals surface area contributed by atoms with Gasteiger partial charge in [0.05, 0.1) is 16.9 Å². The van der Waals surface area contributed by atoms with Crippen molar-refractivity contribution in [1.29, 1.82) is 0 Å². The molecule has 4 nitrogen and oxygen atoms in total. The highest BCUT2D eigenvalue weighted by atomic mass is 32.1. The number of carbonyl (C=O) groups excluding carboxylic acids is 1. The topological polar surface area (TPSA) is 52.1 Å². The molecule has 0 saturated heterocycles. The van der Waals surface area contributed by atoms with Crippen molar-refractivity contribution in [2.45, 2.75) is 32.8 Å². The summed E-state index contributed by atoms with van der Waals surface area (Å²) in [5.74, 6) is -0.0256. The smallest absolute Gasteiger partial charge is 0.350 e. The Morgan fingerprint density at radius 3 is 2.63 bits per heavy atom. The molecule has 2 aromatic rings. The van der Waals surface area contributed by atoms with Crippen molar-refractivity contribution in [1.82, 2.24) is 9.97 Å². The van der Waals surface area contributed by atoms with Gasteiger partial charge in [0.25, 0.3) is 0 Å². The number of esters is 1. The third-order valence-corrected chi connectivity index (χ3v) is 3.88. The van der Waals surface area contributed by atoms with Crippen LogP contribution in [0.25, 0.3) is 0 Å². The largest absolute Gasteiger partial charge is 0.452 e. The molecule has 0 amide bonds. The Bertz CT molecular complexity index is 552. The lowest BCUT2D eigenvalue weighted by molar-refractivity contribution is 0.0335. The van der Waals surface area contributed by atoms with Crippen LogP contribution < -0.4 is 0 Å². The lowest BCUT2D eigenvalue weighted by Gasteiger charge is -2.11. The first-order valence-electron chi connectivity index (χ1n) is 6.15. The molecule has 0 fully saturated rings. The van der Waals surface area contributed by atoms with E-state index in [0.29, 0.717) is 10.8 Å². The van der Waals surface area contributed by atoms with E-state index >= 15 is 0 Å². The quantitative estimate of drug-likeness (QED) is 0.801. The van der Waals surface area contributed by atoms with Crippen molar-refractivity contribution in [3.8, 4) is 0 Å². The fourth-order valence-corrected chi connectivity index (χ4v) is 2.35. The summed E-state index contributed by atoms with van der Waals surface area (Å²) in [6.45, 7) is 5.90. The fourth-order valence-electron chi connectivity index (χ4n) is 1.54. The highest BCUT2D eigenvalue weighted by molar-refractivity contribution is 7.13. The van der Waals surface area contributed by atoms with Gasteiger partial charge in [0, 0.05) is 12.1 Å². The normalized spacial score (nSPS) is 12.4. The molecule has 2 aromatic heterocycles. The van der Waals surface area contributed by atoms with Gasteiger partial charge in [0.2, 0.25) is 0 Å². The Morgan fingerprint density at radius 1 is 1.26 bits per heavy atom. The molecule has 0 aliphatic carbocycles. The zero-order chi connectivity index (χ0) is 13.8. The van der Waals surface area contributed by atoms with Crippen LogP contribution in [-0.2, 0) is 4.74 Å². The van der Waals surface area contributed by atoms with Crippen molar-refractivity contribution in [2.75, 3.05) is 0 Å². The zero-order valence-corrected chi connectivity index (χ0v) is 12.0. The SMILES string of the molecule is CC(C)c1ncc(C(=O)O[C@@H](C)c2ccccn2)s1. The molecule has 0 saturated carbocycles. The van der Waals surface area contributed by atoms with Gasteiger partial charge < -0.3 is 4.74 Å². The van der Waals surface area contributed by atoms with E-state index in [1.807, 2.05) is 39.0 Å². The van der Waals surface area contributed by atoms with Crippen molar-refractivity contribution in [3.63, 3.8) is 0 Å². The number of aromatic nitrogens is 2. The maximum absolute atomic E-state index is 12.0. The predicted molar refractivity (Wildman–Crippen MR) is 74.3 cm³/mol. The average molecular weight is 276 g/mol. The first kappa shape index (κ1) is 13.7. The van der Waals surface area contributed by atoms with E-state index in [1.165, 1.54) is 11.3 Å². The summed E-state index contributed by atoms with van der Waals surface area (Å²) in [4.78, 5) is 20.9. The molecule has 0 spiro atoms.